The molecule has 0 amide bonds. The first-order valence-corrected chi connectivity index (χ1v) is 5.65. The molecule has 2 aromatic heterocycles. The maximum Gasteiger partial charge on any atom is 0.417 e. The molecule has 0 radical (unpaired) electrons. The monoisotopic (exact) mass is 291 g/mol. The smallest absolute Gasteiger partial charge is 0.368 e. The number of rotatable bonds is 2. The molecule has 19 heavy (non-hydrogen) atoms. The van der Waals surface area contributed by atoms with Gasteiger partial charge >= 0.3 is 6.18 Å². The van der Waals surface area contributed by atoms with Gasteiger partial charge in [-0.05, 0) is 6.07 Å². The van der Waals surface area contributed by atoms with Gasteiger partial charge in [0.1, 0.15) is 0 Å². The number of aromatic nitrogens is 4. The summed E-state index contributed by atoms with van der Waals surface area (Å²) in [6, 6.07) is 0.774. The highest BCUT2D eigenvalue weighted by atomic mass is 35.5. The Labute approximate surface area is 111 Å². The topological polar surface area (TPSA) is 69.6 Å². The van der Waals surface area contributed by atoms with Gasteiger partial charge in [-0.25, -0.2) is 4.98 Å². The molecule has 0 aromatic carbocycles. The van der Waals surface area contributed by atoms with E-state index in [2.05, 4.69) is 15.1 Å². The van der Waals surface area contributed by atoms with E-state index in [-0.39, 0.29) is 16.8 Å². The van der Waals surface area contributed by atoms with Crippen LogP contribution in [0.1, 0.15) is 18.3 Å². The molecule has 2 rings (SSSR count). The van der Waals surface area contributed by atoms with E-state index >= 15 is 0 Å². The summed E-state index contributed by atoms with van der Waals surface area (Å²) in [7, 11) is 0. The first-order valence-electron chi connectivity index (χ1n) is 5.27. The summed E-state index contributed by atoms with van der Waals surface area (Å²) in [4.78, 5) is 7.58. The minimum Gasteiger partial charge on any atom is -0.368 e. The fraction of sp³-hybridized carbons (Fsp3) is 0.300. The molecular formula is C10H9ClF3N5. The summed E-state index contributed by atoms with van der Waals surface area (Å²) < 4.78 is 38.6. The minimum atomic E-state index is -4.50. The van der Waals surface area contributed by atoms with Crippen LogP contribution in [0.3, 0.4) is 0 Å². The highest BCUT2D eigenvalue weighted by molar-refractivity contribution is 6.32. The Bertz CT molecular complexity index is 608. The largest absolute Gasteiger partial charge is 0.417 e. The zero-order valence-electron chi connectivity index (χ0n) is 9.74. The van der Waals surface area contributed by atoms with Gasteiger partial charge in [0.15, 0.2) is 11.6 Å². The number of nitrogen functional groups attached to an aromatic ring is 1. The molecule has 9 heteroatoms. The second-order valence-corrected chi connectivity index (χ2v) is 4.09. The molecule has 0 bridgehead atoms. The Hall–Kier alpha value is -1.83. The minimum absolute atomic E-state index is 0.0133. The van der Waals surface area contributed by atoms with Crippen LogP contribution in [-0.4, -0.2) is 19.7 Å². The van der Waals surface area contributed by atoms with Crippen molar-refractivity contribution >= 4 is 17.5 Å². The number of anilines is 1. The van der Waals surface area contributed by atoms with Gasteiger partial charge in [-0.1, -0.05) is 18.5 Å². The first kappa shape index (κ1) is 13.6. The van der Waals surface area contributed by atoms with Crippen molar-refractivity contribution in [3.63, 3.8) is 0 Å². The van der Waals surface area contributed by atoms with Crippen molar-refractivity contribution in [1.29, 1.82) is 0 Å². The molecule has 0 fully saturated rings. The van der Waals surface area contributed by atoms with Crippen LogP contribution in [0.4, 0.5) is 19.1 Å². The second kappa shape index (κ2) is 4.69. The van der Waals surface area contributed by atoms with Crippen molar-refractivity contribution in [2.45, 2.75) is 19.5 Å². The van der Waals surface area contributed by atoms with Gasteiger partial charge in [0.05, 0.1) is 10.6 Å². The molecule has 0 unspecified atom stereocenters. The lowest BCUT2D eigenvalue weighted by Crippen LogP contribution is -2.09. The molecule has 0 saturated carbocycles. The highest BCUT2D eigenvalue weighted by Gasteiger charge is 2.32. The molecule has 0 aliphatic heterocycles. The third-order valence-corrected chi connectivity index (χ3v) is 2.62. The van der Waals surface area contributed by atoms with E-state index < -0.39 is 11.7 Å². The van der Waals surface area contributed by atoms with E-state index in [0.717, 1.165) is 10.7 Å². The summed E-state index contributed by atoms with van der Waals surface area (Å²) in [5.74, 6) is 0.487. The number of alkyl halides is 3. The van der Waals surface area contributed by atoms with Crippen LogP contribution in [0, 0.1) is 0 Å². The standard InChI is InChI=1S/C10H9ClF3N5/c1-2-7-17-9(15)19(18-7)8-6(11)3-5(4-16-8)10(12,13)14/h3-4H,2H2,1H3,(H2,15,17,18). The molecule has 0 atom stereocenters. The van der Waals surface area contributed by atoms with Gasteiger partial charge in [0.25, 0.3) is 0 Å². The number of pyridine rings is 1. The van der Waals surface area contributed by atoms with E-state index in [1.54, 1.807) is 0 Å². The predicted molar refractivity (Wildman–Crippen MR) is 63.0 cm³/mol. The van der Waals surface area contributed by atoms with Crippen LogP contribution in [0.15, 0.2) is 12.3 Å². The molecule has 2 N–H and O–H groups in total. The second-order valence-electron chi connectivity index (χ2n) is 3.68. The molecule has 0 aliphatic carbocycles. The quantitative estimate of drug-likeness (QED) is 0.923. The zero-order valence-corrected chi connectivity index (χ0v) is 10.5. The van der Waals surface area contributed by atoms with E-state index in [4.69, 9.17) is 17.3 Å². The molecule has 5 nitrogen and oxygen atoms in total. The maximum absolute atomic E-state index is 12.5. The third kappa shape index (κ3) is 2.62. The van der Waals surface area contributed by atoms with Gasteiger partial charge in [-0.15, -0.1) is 5.10 Å². The summed E-state index contributed by atoms with van der Waals surface area (Å²) in [5.41, 5.74) is 4.68. The molecule has 2 aromatic rings. The molecule has 102 valence electrons. The lowest BCUT2D eigenvalue weighted by molar-refractivity contribution is -0.137. The van der Waals surface area contributed by atoms with Gasteiger partial charge < -0.3 is 5.73 Å². The van der Waals surface area contributed by atoms with Gasteiger partial charge in [-0.3, -0.25) is 0 Å². The van der Waals surface area contributed by atoms with Crippen LogP contribution in [-0.2, 0) is 12.6 Å². The lowest BCUT2D eigenvalue weighted by atomic mass is 10.3. The Kier molecular flexibility index (Phi) is 3.36. The van der Waals surface area contributed by atoms with Crippen LogP contribution < -0.4 is 5.73 Å². The number of hydrogen-bond donors (Lipinski definition) is 1. The van der Waals surface area contributed by atoms with Gasteiger partial charge in [0, 0.05) is 12.6 Å². The van der Waals surface area contributed by atoms with Crippen molar-refractivity contribution in [3.05, 3.63) is 28.7 Å². The summed E-state index contributed by atoms with van der Waals surface area (Å²) >= 11 is 5.79. The molecule has 0 spiro atoms. The highest BCUT2D eigenvalue weighted by Crippen LogP contribution is 2.32. The van der Waals surface area contributed by atoms with Crippen LogP contribution in [0.25, 0.3) is 5.82 Å². The van der Waals surface area contributed by atoms with Crippen molar-refractivity contribution < 1.29 is 13.2 Å². The maximum atomic E-state index is 12.5. The van der Waals surface area contributed by atoms with Crippen molar-refractivity contribution in [2.24, 2.45) is 0 Å². The zero-order chi connectivity index (χ0) is 14.2. The SMILES string of the molecule is CCc1nc(N)n(-c2ncc(C(F)(F)F)cc2Cl)n1. The van der Waals surface area contributed by atoms with Crippen molar-refractivity contribution in [3.8, 4) is 5.82 Å². The van der Waals surface area contributed by atoms with Crippen molar-refractivity contribution in [2.75, 3.05) is 5.73 Å². The molecule has 0 saturated heterocycles. The van der Waals surface area contributed by atoms with E-state index in [9.17, 15) is 13.2 Å². The number of hydrogen-bond acceptors (Lipinski definition) is 4. The summed E-state index contributed by atoms with van der Waals surface area (Å²) in [5, 5.41) is 3.80. The predicted octanol–water partition coefficient (Wildman–Crippen LogP) is 2.48. The number of nitrogens with zero attached hydrogens (tertiary/aromatic N) is 4. The average molecular weight is 292 g/mol. The number of aryl methyl sites for hydroxylation is 1. The Morgan fingerprint density at radius 2 is 2.11 bits per heavy atom. The fourth-order valence-corrected chi connectivity index (χ4v) is 1.66. The van der Waals surface area contributed by atoms with Crippen LogP contribution in [0.2, 0.25) is 5.02 Å². The van der Waals surface area contributed by atoms with E-state index in [0.29, 0.717) is 18.4 Å². The first-order chi connectivity index (χ1) is 8.82. The van der Waals surface area contributed by atoms with Crippen LogP contribution >= 0.6 is 11.6 Å². The van der Waals surface area contributed by atoms with Crippen LogP contribution in [0.5, 0.6) is 0 Å². The summed E-state index contributed by atoms with van der Waals surface area (Å²) in [6.07, 6.45) is -3.29. The molecular weight excluding hydrogens is 283 g/mol. The van der Waals surface area contributed by atoms with Gasteiger partial charge in [-0.2, -0.15) is 22.8 Å². The molecule has 0 aliphatic rings. The van der Waals surface area contributed by atoms with E-state index in [1.807, 2.05) is 6.92 Å². The third-order valence-electron chi connectivity index (χ3n) is 2.34. The summed E-state index contributed by atoms with van der Waals surface area (Å²) in [6.45, 7) is 1.82. The normalized spacial score (nSPS) is 11.8. The number of nitrogens with two attached hydrogens (primary N) is 1. The Morgan fingerprint density at radius 1 is 1.42 bits per heavy atom. The van der Waals surface area contributed by atoms with Gasteiger partial charge in [0.2, 0.25) is 5.95 Å². The fourth-order valence-electron chi connectivity index (χ4n) is 1.42. The Balaban J connectivity index is 2.49. The van der Waals surface area contributed by atoms with E-state index in [1.165, 1.54) is 0 Å². The Morgan fingerprint density at radius 3 is 2.58 bits per heavy atom. The number of halogens is 4. The molecule has 2 heterocycles. The van der Waals surface area contributed by atoms with Crippen molar-refractivity contribution in [1.82, 2.24) is 19.7 Å². The average Bonchev–Trinajstić information content (AvgIpc) is 2.69. The lowest BCUT2D eigenvalue weighted by Gasteiger charge is -2.09.